The molecule has 0 aromatic heterocycles. The lowest BCUT2D eigenvalue weighted by molar-refractivity contribution is -0.116. The van der Waals surface area contributed by atoms with Crippen LogP contribution in [0.3, 0.4) is 0 Å². The summed E-state index contributed by atoms with van der Waals surface area (Å²) in [7, 11) is 3.26. The van der Waals surface area contributed by atoms with Gasteiger partial charge in [-0.05, 0) is 30.2 Å². The minimum Gasteiger partial charge on any atom is -0.410 e. The van der Waals surface area contributed by atoms with Crippen molar-refractivity contribution in [2.75, 3.05) is 25.5 Å². The lowest BCUT2D eigenvalue weighted by Crippen LogP contribution is -2.26. The maximum Gasteiger partial charge on any atom is 0.414 e. The molecule has 0 unspecified atom stereocenters. The summed E-state index contributed by atoms with van der Waals surface area (Å²) in [5.41, 5.74) is 1.95. The van der Waals surface area contributed by atoms with Gasteiger partial charge in [-0.2, -0.15) is 0 Å². The van der Waals surface area contributed by atoms with Crippen LogP contribution in [-0.2, 0) is 11.2 Å². The van der Waals surface area contributed by atoms with Crippen LogP contribution in [0.2, 0.25) is 0 Å². The maximum absolute atomic E-state index is 11.4. The van der Waals surface area contributed by atoms with Crippen LogP contribution in [0.1, 0.15) is 12.5 Å². The Morgan fingerprint density at radius 3 is 2.67 bits per heavy atom. The predicted molar refractivity (Wildman–Crippen MR) is 67.9 cm³/mol. The molecule has 1 aliphatic heterocycles. The van der Waals surface area contributed by atoms with Crippen LogP contribution in [0.25, 0.3) is 0 Å². The van der Waals surface area contributed by atoms with Gasteiger partial charge in [-0.3, -0.25) is 4.79 Å². The van der Waals surface area contributed by atoms with Gasteiger partial charge < -0.3 is 14.5 Å². The SMILES string of the molecule is CC(=O)N1CCc2cc(OC(=O)N(C)C)ccc21. The first-order chi connectivity index (χ1) is 8.49. The molecule has 96 valence electrons. The minimum absolute atomic E-state index is 0.0341. The molecule has 0 spiro atoms. The Bertz CT molecular complexity index is 497. The molecule has 5 heteroatoms. The summed E-state index contributed by atoms with van der Waals surface area (Å²) < 4.78 is 5.18. The van der Waals surface area contributed by atoms with E-state index in [1.54, 1.807) is 32.0 Å². The zero-order chi connectivity index (χ0) is 13.3. The highest BCUT2D eigenvalue weighted by atomic mass is 16.6. The summed E-state index contributed by atoms with van der Waals surface area (Å²) in [6.45, 7) is 2.24. The smallest absolute Gasteiger partial charge is 0.410 e. The van der Waals surface area contributed by atoms with E-state index in [9.17, 15) is 9.59 Å². The van der Waals surface area contributed by atoms with E-state index in [0.717, 1.165) is 17.7 Å². The molecule has 1 aromatic rings. The summed E-state index contributed by atoms with van der Waals surface area (Å²) in [6.07, 6.45) is 0.388. The average molecular weight is 248 g/mol. The summed E-state index contributed by atoms with van der Waals surface area (Å²) in [5, 5.41) is 0. The quantitative estimate of drug-likeness (QED) is 0.759. The molecule has 2 rings (SSSR count). The first kappa shape index (κ1) is 12.4. The van der Waals surface area contributed by atoms with Gasteiger partial charge in [0.25, 0.3) is 0 Å². The fourth-order valence-corrected chi connectivity index (χ4v) is 1.96. The second-order valence-corrected chi connectivity index (χ2v) is 4.47. The van der Waals surface area contributed by atoms with Crippen LogP contribution in [0.15, 0.2) is 18.2 Å². The number of carbonyl (C=O) groups is 2. The Morgan fingerprint density at radius 2 is 2.06 bits per heavy atom. The standard InChI is InChI=1S/C13H16N2O3/c1-9(16)15-7-6-10-8-11(4-5-12(10)15)18-13(17)14(2)3/h4-5,8H,6-7H2,1-3H3. The van der Waals surface area contributed by atoms with Crippen LogP contribution in [-0.4, -0.2) is 37.5 Å². The third kappa shape index (κ3) is 2.30. The minimum atomic E-state index is -0.406. The summed E-state index contributed by atoms with van der Waals surface area (Å²) in [5.74, 6) is 0.546. The van der Waals surface area contributed by atoms with E-state index in [2.05, 4.69) is 0 Å². The van der Waals surface area contributed by atoms with E-state index in [1.165, 1.54) is 4.90 Å². The molecular formula is C13H16N2O3. The third-order valence-corrected chi connectivity index (χ3v) is 2.90. The van der Waals surface area contributed by atoms with E-state index in [4.69, 9.17) is 4.74 Å². The van der Waals surface area contributed by atoms with Crippen LogP contribution < -0.4 is 9.64 Å². The summed E-state index contributed by atoms with van der Waals surface area (Å²) in [4.78, 5) is 25.9. The second-order valence-electron chi connectivity index (χ2n) is 4.47. The van der Waals surface area contributed by atoms with Crippen LogP contribution in [0.5, 0.6) is 5.75 Å². The summed E-state index contributed by atoms with van der Waals surface area (Å²) >= 11 is 0. The topological polar surface area (TPSA) is 49.9 Å². The molecule has 0 atom stereocenters. The Kier molecular flexibility index (Phi) is 3.23. The zero-order valence-electron chi connectivity index (χ0n) is 10.8. The van der Waals surface area contributed by atoms with Crippen molar-refractivity contribution in [1.29, 1.82) is 0 Å². The van der Waals surface area contributed by atoms with Crippen molar-refractivity contribution in [3.05, 3.63) is 23.8 Å². The summed E-state index contributed by atoms with van der Waals surface area (Å²) in [6, 6.07) is 5.35. The van der Waals surface area contributed by atoms with E-state index < -0.39 is 6.09 Å². The molecule has 5 nitrogen and oxygen atoms in total. The molecule has 18 heavy (non-hydrogen) atoms. The number of nitrogens with zero attached hydrogens (tertiary/aromatic N) is 2. The van der Waals surface area contributed by atoms with E-state index >= 15 is 0 Å². The van der Waals surface area contributed by atoms with Crippen LogP contribution in [0.4, 0.5) is 10.5 Å². The van der Waals surface area contributed by atoms with Crippen molar-refractivity contribution < 1.29 is 14.3 Å². The number of rotatable bonds is 1. The highest BCUT2D eigenvalue weighted by molar-refractivity contribution is 5.93. The van der Waals surface area contributed by atoms with Gasteiger partial charge in [0, 0.05) is 33.3 Å². The van der Waals surface area contributed by atoms with Gasteiger partial charge in [-0.25, -0.2) is 4.79 Å². The highest BCUT2D eigenvalue weighted by Gasteiger charge is 2.22. The van der Waals surface area contributed by atoms with Crippen molar-refractivity contribution in [2.45, 2.75) is 13.3 Å². The van der Waals surface area contributed by atoms with E-state index in [-0.39, 0.29) is 5.91 Å². The number of ether oxygens (including phenoxy) is 1. The Balaban J connectivity index is 2.20. The Morgan fingerprint density at radius 1 is 1.33 bits per heavy atom. The van der Waals surface area contributed by atoms with Crippen molar-refractivity contribution in [3.63, 3.8) is 0 Å². The first-order valence-corrected chi connectivity index (χ1v) is 5.79. The monoisotopic (exact) mass is 248 g/mol. The van der Waals surface area contributed by atoms with Crippen LogP contribution in [0, 0.1) is 0 Å². The lowest BCUT2D eigenvalue weighted by Gasteiger charge is -2.15. The van der Waals surface area contributed by atoms with Crippen molar-refractivity contribution in [1.82, 2.24) is 4.90 Å². The number of benzene rings is 1. The largest absolute Gasteiger partial charge is 0.414 e. The normalized spacial score (nSPS) is 13.2. The van der Waals surface area contributed by atoms with E-state index in [0.29, 0.717) is 12.3 Å². The molecule has 0 radical (unpaired) electrons. The molecule has 1 aromatic carbocycles. The van der Waals surface area contributed by atoms with Gasteiger partial charge in [0.15, 0.2) is 0 Å². The molecule has 0 bridgehead atoms. The van der Waals surface area contributed by atoms with Gasteiger partial charge in [0.1, 0.15) is 5.75 Å². The molecule has 2 amide bonds. The van der Waals surface area contributed by atoms with Gasteiger partial charge >= 0.3 is 6.09 Å². The van der Waals surface area contributed by atoms with Crippen LogP contribution >= 0.6 is 0 Å². The lowest BCUT2D eigenvalue weighted by atomic mass is 10.1. The number of fused-ring (bicyclic) bond motifs is 1. The Labute approximate surface area is 106 Å². The van der Waals surface area contributed by atoms with Crippen molar-refractivity contribution >= 4 is 17.7 Å². The van der Waals surface area contributed by atoms with Crippen molar-refractivity contribution in [3.8, 4) is 5.75 Å². The number of carbonyl (C=O) groups excluding carboxylic acids is 2. The first-order valence-electron chi connectivity index (χ1n) is 5.79. The molecule has 1 aliphatic rings. The highest BCUT2D eigenvalue weighted by Crippen LogP contribution is 2.31. The fraction of sp³-hybridized carbons (Fsp3) is 0.385. The van der Waals surface area contributed by atoms with Gasteiger partial charge in [0.05, 0.1) is 0 Å². The molecule has 0 saturated carbocycles. The van der Waals surface area contributed by atoms with Gasteiger partial charge in [-0.1, -0.05) is 0 Å². The molecule has 0 fully saturated rings. The fourth-order valence-electron chi connectivity index (χ4n) is 1.96. The molecule has 0 N–H and O–H groups in total. The van der Waals surface area contributed by atoms with Gasteiger partial charge in [-0.15, -0.1) is 0 Å². The number of amides is 2. The Hall–Kier alpha value is -2.04. The zero-order valence-corrected chi connectivity index (χ0v) is 10.8. The number of hydrogen-bond donors (Lipinski definition) is 0. The second kappa shape index (κ2) is 4.68. The molecular weight excluding hydrogens is 232 g/mol. The third-order valence-electron chi connectivity index (χ3n) is 2.90. The van der Waals surface area contributed by atoms with Crippen molar-refractivity contribution in [2.24, 2.45) is 0 Å². The maximum atomic E-state index is 11.4. The van der Waals surface area contributed by atoms with E-state index in [1.807, 2.05) is 12.1 Å². The molecule has 1 heterocycles. The predicted octanol–water partition coefficient (Wildman–Crippen LogP) is 1.66. The molecule has 0 aliphatic carbocycles. The van der Waals surface area contributed by atoms with Gasteiger partial charge in [0.2, 0.25) is 5.91 Å². The molecule has 0 saturated heterocycles. The number of anilines is 1. The average Bonchev–Trinajstić information content (AvgIpc) is 2.71. The number of hydrogen-bond acceptors (Lipinski definition) is 3.